The molecule has 2 atom stereocenters. The van der Waals surface area contributed by atoms with Gasteiger partial charge in [0.05, 0.1) is 22.9 Å². The molecule has 0 bridgehead atoms. The van der Waals surface area contributed by atoms with Gasteiger partial charge in [-0.25, -0.2) is 15.0 Å². The van der Waals surface area contributed by atoms with Crippen LogP contribution >= 0.6 is 0 Å². The summed E-state index contributed by atoms with van der Waals surface area (Å²) in [4.78, 5) is 25.5. The van der Waals surface area contributed by atoms with Crippen LogP contribution < -0.4 is 15.5 Å². The molecule has 0 radical (unpaired) electrons. The first kappa shape index (κ1) is 22.8. The van der Waals surface area contributed by atoms with Gasteiger partial charge in [0.25, 0.3) is 0 Å². The molecule has 1 unspecified atom stereocenters. The molecule has 2 aromatic rings. The molecule has 2 aromatic heterocycles. The summed E-state index contributed by atoms with van der Waals surface area (Å²) in [5.74, 6) is -3.04. The van der Waals surface area contributed by atoms with Crippen molar-refractivity contribution in [3.8, 4) is 11.4 Å². The van der Waals surface area contributed by atoms with Crippen LogP contribution in [0.25, 0.3) is 11.4 Å². The predicted octanol–water partition coefficient (Wildman–Crippen LogP) is 3.73. The number of halogens is 6. The van der Waals surface area contributed by atoms with E-state index in [1.165, 1.54) is 0 Å². The molecule has 1 aliphatic carbocycles. The molecule has 1 saturated carbocycles. The van der Waals surface area contributed by atoms with Crippen molar-refractivity contribution < 1.29 is 31.1 Å². The Hall–Kier alpha value is -2.96. The van der Waals surface area contributed by atoms with Crippen LogP contribution in [0, 0.1) is 5.92 Å². The number of alkyl halides is 6. The Bertz CT molecular complexity index is 1120. The van der Waals surface area contributed by atoms with Gasteiger partial charge < -0.3 is 15.5 Å². The van der Waals surface area contributed by atoms with Crippen LogP contribution in [0.15, 0.2) is 18.5 Å². The van der Waals surface area contributed by atoms with E-state index in [9.17, 15) is 31.1 Å². The van der Waals surface area contributed by atoms with Crippen LogP contribution in [0.5, 0.6) is 0 Å². The van der Waals surface area contributed by atoms with Crippen molar-refractivity contribution in [2.45, 2.75) is 43.6 Å². The Morgan fingerprint density at radius 2 is 1.82 bits per heavy atom. The highest BCUT2D eigenvalue weighted by Gasteiger charge is 2.48. The fourth-order valence-electron chi connectivity index (χ4n) is 4.54. The van der Waals surface area contributed by atoms with E-state index in [1.54, 1.807) is 4.90 Å². The summed E-state index contributed by atoms with van der Waals surface area (Å²) in [6, 6.07) is 1.72. The van der Waals surface area contributed by atoms with Crippen LogP contribution in [0.3, 0.4) is 0 Å². The minimum Gasteiger partial charge on any atom is -0.354 e. The zero-order chi connectivity index (χ0) is 24.3. The van der Waals surface area contributed by atoms with Crippen LogP contribution in [0.1, 0.15) is 36.3 Å². The first-order chi connectivity index (χ1) is 16.0. The van der Waals surface area contributed by atoms with Gasteiger partial charge in [-0.05, 0) is 30.9 Å². The normalized spacial score (nSPS) is 23.5. The maximum Gasteiger partial charge on any atom is 0.416 e. The molecule has 182 valence electrons. The van der Waals surface area contributed by atoms with E-state index in [2.05, 4.69) is 25.6 Å². The summed E-state index contributed by atoms with van der Waals surface area (Å²) in [5.41, 5.74) is -2.25. The van der Waals surface area contributed by atoms with E-state index in [4.69, 9.17) is 0 Å². The molecule has 4 heterocycles. The minimum atomic E-state index is -4.83. The highest BCUT2D eigenvalue weighted by molar-refractivity contribution is 5.95. The standard InChI is InChI=1S/C21H20F6N6O/c22-20(23,24)11-5-13(31-15(6-11)33-4-3-28-14(8-33)10-1-2-10)18-17-12(21(25,26)27)7-16(34)32-19(17)30-9-29-18/h5-6,9-10,12,14,28H,1-4,7-8H2,(H,29,30,32,34)/t12?,14-/m1/s1. The number of pyridine rings is 1. The summed E-state index contributed by atoms with van der Waals surface area (Å²) >= 11 is 0. The predicted molar refractivity (Wildman–Crippen MR) is 109 cm³/mol. The molecule has 2 fully saturated rings. The maximum atomic E-state index is 13.8. The molecule has 2 N–H and O–H groups in total. The van der Waals surface area contributed by atoms with E-state index in [-0.39, 0.29) is 29.1 Å². The highest BCUT2D eigenvalue weighted by Crippen LogP contribution is 2.46. The van der Waals surface area contributed by atoms with Gasteiger partial charge in [-0.2, -0.15) is 26.3 Å². The molecule has 13 heteroatoms. The van der Waals surface area contributed by atoms with Crippen molar-refractivity contribution >= 4 is 17.5 Å². The Morgan fingerprint density at radius 1 is 1.06 bits per heavy atom. The zero-order valence-electron chi connectivity index (χ0n) is 17.7. The van der Waals surface area contributed by atoms with Gasteiger partial charge in [0, 0.05) is 37.7 Å². The Balaban J connectivity index is 1.63. The number of anilines is 2. The average Bonchev–Trinajstić information content (AvgIpc) is 3.62. The number of hydrogen-bond acceptors (Lipinski definition) is 6. The van der Waals surface area contributed by atoms with Crippen molar-refractivity contribution in [3.05, 3.63) is 29.6 Å². The number of carbonyl (C=O) groups excluding carboxylic acids is 1. The van der Waals surface area contributed by atoms with Crippen molar-refractivity contribution in [2.24, 2.45) is 5.92 Å². The number of nitrogens with zero attached hydrogens (tertiary/aromatic N) is 4. The van der Waals surface area contributed by atoms with Crippen molar-refractivity contribution in [3.63, 3.8) is 0 Å². The molecular weight excluding hydrogens is 466 g/mol. The maximum absolute atomic E-state index is 13.8. The first-order valence-corrected chi connectivity index (χ1v) is 10.8. The van der Waals surface area contributed by atoms with Gasteiger partial charge in [0.2, 0.25) is 5.91 Å². The molecule has 34 heavy (non-hydrogen) atoms. The van der Waals surface area contributed by atoms with Gasteiger partial charge in [-0.1, -0.05) is 0 Å². The average molecular weight is 486 g/mol. The van der Waals surface area contributed by atoms with E-state index < -0.39 is 41.7 Å². The van der Waals surface area contributed by atoms with Gasteiger partial charge in [0.15, 0.2) is 0 Å². The number of fused-ring (bicyclic) bond motifs is 1. The summed E-state index contributed by atoms with van der Waals surface area (Å²) in [6.45, 7) is 1.40. The lowest BCUT2D eigenvalue weighted by molar-refractivity contribution is -0.156. The lowest BCUT2D eigenvalue weighted by Crippen LogP contribution is -2.52. The third-order valence-electron chi connectivity index (χ3n) is 6.38. The number of carbonyl (C=O) groups is 1. The molecule has 1 amide bonds. The third-order valence-corrected chi connectivity index (χ3v) is 6.38. The number of piperazine rings is 1. The number of rotatable bonds is 3. The Kier molecular flexibility index (Phi) is 5.41. The van der Waals surface area contributed by atoms with Crippen molar-refractivity contribution in [2.75, 3.05) is 29.9 Å². The first-order valence-electron chi connectivity index (χ1n) is 10.8. The lowest BCUT2D eigenvalue weighted by Gasteiger charge is -2.35. The van der Waals surface area contributed by atoms with Crippen molar-refractivity contribution in [1.29, 1.82) is 0 Å². The van der Waals surface area contributed by atoms with Crippen LogP contribution in [0.2, 0.25) is 0 Å². The fraction of sp³-hybridized carbons (Fsp3) is 0.524. The molecule has 7 nitrogen and oxygen atoms in total. The number of amides is 1. The minimum absolute atomic E-state index is 0.0211. The van der Waals surface area contributed by atoms with Gasteiger partial charge >= 0.3 is 12.4 Å². The van der Waals surface area contributed by atoms with Gasteiger partial charge in [-0.3, -0.25) is 4.79 Å². The Morgan fingerprint density at radius 3 is 2.50 bits per heavy atom. The summed E-state index contributed by atoms with van der Waals surface area (Å²) in [6.07, 6.45) is -7.49. The molecule has 0 aromatic carbocycles. The van der Waals surface area contributed by atoms with Gasteiger partial charge in [-0.15, -0.1) is 0 Å². The second-order valence-electron chi connectivity index (χ2n) is 8.77. The summed E-state index contributed by atoms with van der Waals surface area (Å²) < 4.78 is 82.7. The molecule has 5 rings (SSSR count). The second kappa shape index (κ2) is 8.07. The number of hydrogen-bond donors (Lipinski definition) is 2. The van der Waals surface area contributed by atoms with E-state index in [0.717, 1.165) is 25.2 Å². The highest BCUT2D eigenvalue weighted by atomic mass is 19.4. The lowest BCUT2D eigenvalue weighted by atomic mass is 9.89. The molecule has 1 saturated heterocycles. The van der Waals surface area contributed by atoms with Crippen LogP contribution in [-0.2, 0) is 11.0 Å². The van der Waals surface area contributed by atoms with Gasteiger partial charge in [0.1, 0.15) is 18.0 Å². The van der Waals surface area contributed by atoms with Crippen LogP contribution in [-0.4, -0.2) is 52.7 Å². The zero-order valence-corrected chi connectivity index (χ0v) is 17.7. The Labute approximate surface area is 190 Å². The monoisotopic (exact) mass is 486 g/mol. The molecule has 3 aliphatic rings. The molecule has 2 aliphatic heterocycles. The smallest absolute Gasteiger partial charge is 0.354 e. The molecule has 0 spiro atoms. The summed E-state index contributed by atoms with van der Waals surface area (Å²) in [7, 11) is 0. The summed E-state index contributed by atoms with van der Waals surface area (Å²) in [5, 5.41) is 5.62. The largest absolute Gasteiger partial charge is 0.416 e. The fourth-order valence-corrected chi connectivity index (χ4v) is 4.54. The van der Waals surface area contributed by atoms with Crippen molar-refractivity contribution in [1.82, 2.24) is 20.3 Å². The quantitative estimate of drug-likeness (QED) is 0.644. The topological polar surface area (TPSA) is 83.0 Å². The number of aromatic nitrogens is 3. The molecular formula is C21H20F6N6O. The third kappa shape index (κ3) is 4.40. The van der Waals surface area contributed by atoms with E-state index >= 15 is 0 Å². The number of nitrogens with one attached hydrogen (secondary N) is 2. The van der Waals surface area contributed by atoms with E-state index in [0.29, 0.717) is 31.6 Å². The SMILES string of the molecule is O=C1CC(C(F)(F)F)c2c(ncnc2-c2cc(C(F)(F)F)cc(N3CCN[C@@H](C4CC4)C3)n2)N1. The second-order valence-corrected chi connectivity index (χ2v) is 8.77. The van der Waals surface area contributed by atoms with E-state index in [1.807, 2.05) is 0 Å². The van der Waals surface area contributed by atoms with Crippen LogP contribution in [0.4, 0.5) is 38.0 Å².